The molecule has 0 saturated carbocycles. The van der Waals surface area contributed by atoms with Crippen LogP contribution in [-0.2, 0) is 28.3 Å². The van der Waals surface area contributed by atoms with E-state index in [0.29, 0.717) is 22.2 Å². The minimum atomic E-state index is -0.692. The van der Waals surface area contributed by atoms with E-state index in [1.165, 1.54) is 11.8 Å². The van der Waals surface area contributed by atoms with E-state index in [9.17, 15) is 9.59 Å². The molecule has 7 heteroatoms. The van der Waals surface area contributed by atoms with Crippen LogP contribution in [0.1, 0.15) is 37.5 Å². The molecule has 3 rings (SSSR count). The quantitative estimate of drug-likeness (QED) is 0.307. The molecule has 1 N–H and O–H groups in total. The molecule has 36 heavy (non-hydrogen) atoms. The number of hydrogen-bond donors (Lipinski definition) is 1. The molecule has 3 aromatic carbocycles. The summed E-state index contributed by atoms with van der Waals surface area (Å²) in [5.74, 6) is 0.563. The molecule has 4 nitrogen and oxygen atoms in total. The summed E-state index contributed by atoms with van der Waals surface area (Å²) in [6, 6.07) is 24.1. The maximum atomic E-state index is 13.7. The Hall–Kier alpha value is -2.47. The molecule has 0 heterocycles. The Balaban J connectivity index is 1.88. The van der Waals surface area contributed by atoms with Crippen molar-refractivity contribution in [3.05, 3.63) is 106 Å². The third-order valence-corrected chi connectivity index (χ3v) is 7.04. The standard InChI is InChI=1S/C29H32Cl2N2O2S/c1-29(2,3)32-28(35)26(17-21-10-5-4-6-11-21)33(18-23-13-7-8-15-25(23)31)27(34)20-36-19-22-12-9-14-24(30)16-22/h4-16,26H,17-20H2,1-3H3,(H,32,35)/t26-/m0/s1. The van der Waals surface area contributed by atoms with E-state index in [4.69, 9.17) is 23.2 Å². The summed E-state index contributed by atoms with van der Waals surface area (Å²) >= 11 is 14.1. The van der Waals surface area contributed by atoms with Crippen LogP contribution in [0.5, 0.6) is 0 Å². The van der Waals surface area contributed by atoms with Crippen LogP contribution < -0.4 is 5.32 Å². The van der Waals surface area contributed by atoms with Gasteiger partial charge in [-0.05, 0) is 55.7 Å². The molecule has 0 radical (unpaired) electrons. The van der Waals surface area contributed by atoms with Gasteiger partial charge in [-0.15, -0.1) is 11.8 Å². The summed E-state index contributed by atoms with van der Waals surface area (Å²) in [6.07, 6.45) is 0.401. The fraction of sp³-hybridized carbons (Fsp3) is 0.310. The van der Waals surface area contributed by atoms with Crippen LogP contribution in [0.2, 0.25) is 10.0 Å². The molecular formula is C29H32Cl2N2O2S. The number of amides is 2. The maximum absolute atomic E-state index is 13.7. The Morgan fingerprint density at radius 2 is 1.58 bits per heavy atom. The first-order valence-corrected chi connectivity index (χ1v) is 13.7. The number of nitrogens with zero attached hydrogens (tertiary/aromatic N) is 1. The summed E-state index contributed by atoms with van der Waals surface area (Å²) in [6.45, 7) is 6.05. The van der Waals surface area contributed by atoms with Gasteiger partial charge in [0.2, 0.25) is 11.8 Å². The van der Waals surface area contributed by atoms with Crippen molar-refractivity contribution in [2.75, 3.05) is 5.75 Å². The average Bonchev–Trinajstić information content (AvgIpc) is 2.82. The summed E-state index contributed by atoms with van der Waals surface area (Å²) in [5, 5.41) is 4.31. The van der Waals surface area contributed by atoms with Crippen LogP contribution in [0, 0.1) is 0 Å². The lowest BCUT2D eigenvalue weighted by Crippen LogP contribution is -2.54. The van der Waals surface area contributed by atoms with Crippen molar-refractivity contribution in [1.29, 1.82) is 0 Å². The van der Waals surface area contributed by atoms with Crippen LogP contribution in [0.15, 0.2) is 78.9 Å². The fourth-order valence-electron chi connectivity index (χ4n) is 3.78. The second-order valence-electron chi connectivity index (χ2n) is 9.68. The van der Waals surface area contributed by atoms with Crippen LogP contribution in [-0.4, -0.2) is 34.0 Å². The predicted molar refractivity (Wildman–Crippen MR) is 151 cm³/mol. The first kappa shape index (κ1) is 28.1. The van der Waals surface area contributed by atoms with Gasteiger partial charge in [-0.2, -0.15) is 0 Å². The van der Waals surface area contributed by atoms with Crippen molar-refractivity contribution >= 4 is 46.8 Å². The van der Waals surface area contributed by atoms with Crippen LogP contribution >= 0.6 is 35.0 Å². The molecule has 0 aliphatic carbocycles. The first-order chi connectivity index (χ1) is 17.1. The number of carbonyl (C=O) groups is 2. The van der Waals surface area contributed by atoms with Gasteiger partial charge in [0, 0.05) is 34.3 Å². The smallest absolute Gasteiger partial charge is 0.243 e. The van der Waals surface area contributed by atoms with Crippen molar-refractivity contribution in [3.63, 3.8) is 0 Å². The molecular weight excluding hydrogens is 511 g/mol. The summed E-state index contributed by atoms with van der Waals surface area (Å²) in [4.78, 5) is 28.9. The molecule has 0 bridgehead atoms. The lowest BCUT2D eigenvalue weighted by atomic mass is 10.0. The molecule has 1 atom stereocenters. The van der Waals surface area contributed by atoms with Crippen LogP contribution in [0.4, 0.5) is 0 Å². The molecule has 0 saturated heterocycles. The number of halogens is 2. The molecule has 0 aromatic heterocycles. The molecule has 0 aliphatic heterocycles. The van der Waals surface area contributed by atoms with Crippen LogP contribution in [0.25, 0.3) is 0 Å². The topological polar surface area (TPSA) is 49.4 Å². The number of benzene rings is 3. The number of thioether (sulfide) groups is 1. The normalized spacial score (nSPS) is 12.1. The molecule has 0 aliphatic rings. The van der Waals surface area contributed by atoms with Crippen molar-refractivity contribution in [2.45, 2.75) is 51.1 Å². The van der Waals surface area contributed by atoms with Gasteiger partial charge in [-0.3, -0.25) is 9.59 Å². The Morgan fingerprint density at radius 3 is 2.25 bits per heavy atom. The van der Waals surface area contributed by atoms with Gasteiger partial charge < -0.3 is 10.2 Å². The first-order valence-electron chi connectivity index (χ1n) is 11.8. The molecule has 2 amide bonds. The van der Waals surface area contributed by atoms with Crippen molar-refractivity contribution in [1.82, 2.24) is 10.2 Å². The van der Waals surface area contributed by atoms with Gasteiger partial charge in [0.25, 0.3) is 0 Å². The molecule has 190 valence electrons. The minimum absolute atomic E-state index is 0.119. The molecule has 3 aromatic rings. The second-order valence-corrected chi connectivity index (χ2v) is 11.5. The van der Waals surface area contributed by atoms with E-state index in [-0.39, 0.29) is 24.1 Å². The Morgan fingerprint density at radius 1 is 0.917 bits per heavy atom. The van der Waals surface area contributed by atoms with E-state index < -0.39 is 11.6 Å². The number of hydrogen-bond acceptors (Lipinski definition) is 3. The SMILES string of the molecule is CC(C)(C)NC(=O)[C@H](Cc1ccccc1)N(Cc1ccccc1Cl)C(=O)CSCc1cccc(Cl)c1. The van der Waals surface area contributed by atoms with E-state index >= 15 is 0 Å². The van der Waals surface area contributed by atoms with Gasteiger partial charge in [0.05, 0.1) is 5.75 Å². The Labute approximate surface area is 228 Å². The maximum Gasteiger partial charge on any atom is 0.243 e. The third kappa shape index (κ3) is 8.88. The highest BCUT2D eigenvalue weighted by molar-refractivity contribution is 7.99. The highest BCUT2D eigenvalue weighted by Crippen LogP contribution is 2.23. The summed E-state index contributed by atoms with van der Waals surface area (Å²) < 4.78 is 0. The predicted octanol–water partition coefficient (Wildman–Crippen LogP) is 6.78. The molecule has 0 unspecified atom stereocenters. The van der Waals surface area contributed by atoms with Gasteiger partial charge in [-0.1, -0.05) is 83.9 Å². The monoisotopic (exact) mass is 542 g/mol. The van der Waals surface area contributed by atoms with E-state index in [1.54, 1.807) is 11.0 Å². The van der Waals surface area contributed by atoms with Gasteiger partial charge >= 0.3 is 0 Å². The zero-order valence-electron chi connectivity index (χ0n) is 20.8. The number of carbonyl (C=O) groups excluding carboxylic acids is 2. The number of rotatable bonds is 10. The summed E-state index contributed by atoms with van der Waals surface area (Å²) in [7, 11) is 0. The Bertz CT molecular complexity index is 1170. The average molecular weight is 544 g/mol. The third-order valence-electron chi connectivity index (χ3n) is 5.45. The van der Waals surface area contributed by atoms with Gasteiger partial charge in [-0.25, -0.2) is 0 Å². The molecule has 0 spiro atoms. The number of nitrogens with one attached hydrogen (secondary N) is 1. The van der Waals surface area contributed by atoms with E-state index in [2.05, 4.69) is 5.32 Å². The van der Waals surface area contributed by atoms with Crippen molar-refractivity contribution in [2.24, 2.45) is 0 Å². The van der Waals surface area contributed by atoms with Gasteiger partial charge in [0.1, 0.15) is 6.04 Å². The van der Waals surface area contributed by atoms with Crippen molar-refractivity contribution in [3.8, 4) is 0 Å². The zero-order chi connectivity index (χ0) is 26.1. The lowest BCUT2D eigenvalue weighted by molar-refractivity contribution is -0.140. The van der Waals surface area contributed by atoms with Crippen molar-refractivity contribution < 1.29 is 9.59 Å². The lowest BCUT2D eigenvalue weighted by Gasteiger charge is -2.34. The molecule has 0 fully saturated rings. The zero-order valence-corrected chi connectivity index (χ0v) is 23.2. The minimum Gasteiger partial charge on any atom is -0.350 e. The van der Waals surface area contributed by atoms with Gasteiger partial charge in [0.15, 0.2) is 0 Å². The van der Waals surface area contributed by atoms with Crippen LogP contribution in [0.3, 0.4) is 0 Å². The van der Waals surface area contributed by atoms with E-state index in [1.807, 2.05) is 93.6 Å². The van der Waals surface area contributed by atoms with E-state index in [0.717, 1.165) is 16.7 Å². The highest BCUT2D eigenvalue weighted by atomic mass is 35.5. The summed E-state index contributed by atoms with van der Waals surface area (Å²) in [5.41, 5.74) is 2.39. The Kier molecular flexibility index (Phi) is 10.3. The highest BCUT2D eigenvalue weighted by Gasteiger charge is 2.32. The largest absolute Gasteiger partial charge is 0.350 e. The fourth-order valence-corrected chi connectivity index (χ4v) is 5.05. The second kappa shape index (κ2) is 13.2.